The van der Waals surface area contributed by atoms with Crippen LogP contribution in [-0.2, 0) is 9.59 Å². The van der Waals surface area contributed by atoms with Gasteiger partial charge in [0.25, 0.3) is 0 Å². The van der Waals surface area contributed by atoms with Crippen molar-refractivity contribution in [2.24, 2.45) is 10.2 Å². The summed E-state index contributed by atoms with van der Waals surface area (Å²) in [5.74, 6) is -0.406. The van der Waals surface area contributed by atoms with Crippen molar-refractivity contribution in [3.63, 3.8) is 0 Å². The first kappa shape index (κ1) is 17.2. The molecule has 1 unspecified atom stereocenters. The molecule has 1 aliphatic heterocycles. The van der Waals surface area contributed by atoms with Crippen LogP contribution in [0, 0.1) is 13.8 Å². The Kier molecular flexibility index (Phi) is 5.54. The topological polar surface area (TPSA) is 82.9 Å². The highest BCUT2D eigenvalue weighted by molar-refractivity contribution is 8.15. The van der Waals surface area contributed by atoms with Crippen LogP contribution >= 0.6 is 11.8 Å². The van der Waals surface area contributed by atoms with E-state index in [0.29, 0.717) is 5.17 Å². The number of carbonyl (C=O) groups excluding carboxylic acids is 2. The van der Waals surface area contributed by atoms with Gasteiger partial charge < -0.3 is 10.6 Å². The van der Waals surface area contributed by atoms with Crippen molar-refractivity contribution in [1.82, 2.24) is 5.32 Å². The lowest BCUT2D eigenvalue weighted by Crippen LogP contribution is -2.28. The molecule has 1 saturated heterocycles. The van der Waals surface area contributed by atoms with Crippen molar-refractivity contribution in [3.8, 4) is 0 Å². The van der Waals surface area contributed by atoms with E-state index < -0.39 is 5.25 Å². The summed E-state index contributed by atoms with van der Waals surface area (Å²) in [6.07, 6.45) is 0.0950. The molecule has 6 nitrogen and oxygen atoms in total. The molecule has 1 aliphatic rings. The quantitative estimate of drug-likeness (QED) is 0.657. The fourth-order valence-corrected chi connectivity index (χ4v) is 2.91. The molecule has 2 amide bonds. The van der Waals surface area contributed by atoms with Crippen molar-refractivity contribution in [3.05, 3.63) is 29.3 Å². The molecule has 0 bridgehead atoms. The second-order valence-electron chi connectivity index (χ2n) is 5.55. The third-order valence-electron chi connectivity index (χ3n) is 3.37. The van der Waals surface area contributed by atoms with E-state index in [1.165, 1.54) is 11.8 Å². The minimum absolute atomic E-state index is 0.0950. The maximum atomic E-state index is 12.2. The van der Waals surface area contributed by atoms with Crippen molar-refractivity contribution < 1.29 is 9.59 Å². The number of aryl methyl sites for hydroxylation is 1. The highest BCUT2D eigenvalue weighted by Crippen LogP contribution is 2.24. The van der Waals surface area contributed by atoms with E-state index in [1.807, 2.05) is 45.9 Å². The van der Waals surface area contributed by atoms with Crippen LogP contribution in [0.5, 0.6) is 0 Å². The summed E-state index contributed by atoms with van der Waals surface area (Å²) in [5, 5.41) is 13.3. The van der Waals surface area contributed by atoms with E-state index in [4.69, 9.17) is 0 Å². The van der Waals surface area contributed by atoms with Gasteiger partial charge in [0.1, 0.15) is 5.25 Å². The highest BCUT2D eigenvalue weighted by atomic mass is 32.2. The zero-order valence-electron chi connectivity index (χ0n) is 13.6. The number of benzene rings is 1. The molecule has 0 aromatic heterocycles. The second kappa shape index (κ2) is 7.41. The molecule has 0 spiro atoms. The SMILES string of the molecule is CC(C)=NN=C1NC(=O)C(CC(=O)Nc2cccc(C)c2C)S1. The first-order valence-corrected chi connectivity index (χ1v) is 8.17. The summed E-state index contributed by atoms with van der Waals surface area (Å²) >= 11 is 1.23. The van der Waals surface area contributed by atoms with Crippen molar-refractivity contribution >= 4 is 40.1 Å². The largest absolute Gasteiger partial charge is 0.326 e. The van der Waals surface area contributed by atoms with Gasteiger partial charge >= 0.3 is 0 Å². The van der Waals surface area contributed by atoms with Crippen LogP contribution in [0.1, 0.15) is 31.4 Å². The molecule has 1 aromatic carbocycles. The van der Waals surface area contributed by atoms with Crippen molar-refractivity contribution in [1.29, 1.82) is 0 Å². The summed E-state index contributed by atoms with van der Waals surface area (Å²) in [7, 11) is 0. The lowest BCUT2D eigenvalue weighted by Gasteiger charge is -2.11. The number of hydrogen-bond acceptors (Lipinski definition) is 5. The molecule has 0 saturated carbocycles. The molecular formula is C16H20N4O2S. The Bertz CT molecular complexity index is 693. The Morgan fingerprint density at radius 1 is 1.35 bits per heavy atom. The van der Waals surface area contributed by atoms with Gasteiger partial charge in [-0.2, -0.15) is 5.10 Å². The number of rotatable bonds is 4. The monoisotopic (exact) mass is 332 g/mol. The second-order valence-corrected chi connectivity index (χ2v) is 6.74. The van der Waals surface area contributed by atoms with E-state index in [-0.39, 0.29) is 18.2 Å². The first-order valence-electron chi connectivity index (χ1n) is 7.29. The molecule has 23 heavy (non-hydrogen) atoms. The average Bonchev–Trinajstić information content (AvgIpc) is 2.82. The molecule has 1 aromatic rings. The number of hydrogen-bond donors (Lipinski definition) is 2. The number of nitrogens with zero attached hydrogens (tertiary/aromatic N) is 2. The zero-order valence-corrected chi connectivity index (χ0v) is 14.5. The molecule has 122 valence electrons. The third-order valence-corrected chi connectivity index (χ3v) is 4.44. The zero-order chi connectivity index (χ0) is 17.0. The summed E-state index contributed by atoms with van der Waals surface area (Å²) in [5.41, 5.74) is 3.71. The fourth-order valence-electron chi connectivity index (χ4n) is 1.99. The average molecular weight is 332 g/mol. The normalized spacial score (nSPS) is 18.7. The lowest BCUT2D eigenvalue weighted by molar-refractivity contribution is -0.122. The number of anilines is 1. The van der Waals surface area contributed by atoms with Gasteiger partial charge in [0, 0.05) is 17.8 Å². The van der Waals surface area contributed by atoms with Gasteiger partial charge in [-0.15, -0.1) is 5.10 Å². The van der Waals surface area contributed by atoms with Gasteiger partial charge in [0.2, 0.25) is 11.8 Å². The summed E-state index contributed by atoms with van der Waals surface area (Å²) < 4.78 is 0. The summed E-state index contributed by atoms with van der Waals surface area (Å²) in [6, 6.07) is 5.74. The van der Waals surface area contributed by atoms with E-state index >= 15 is 0 Å². The van der Waals surface area contributed by atoms with Crippen LogP contribution in [0.2, 0.25) is 0 Å². The molecule has 7 heteroatoms. The van der Waals surface area contributed by atoms with E-state index in [9.17, 15) is 9.59 Å². The van der Waals surface area contributed by atoms with E-state index in [2.05, 4.69) is 20.8 Å². The molecule has 2 N–H and O–H groups in total. The maximum Gasteiger partial charge on any atom is 0.240 e. The third kappa shape index (κ3) is 4.66. The van der Waals surface area contributed by atoms with Gasteiger partial charge in [-0.3, -0.25) is 9.59 Å². The van der Waals surface area contributed by atoms with Crippen LogP contribution in [0.3, 0.4) is 0 Å². The predicted octanol–water partition coefficient (Wildman–Crippen LogP) is 2.62. The van der Waals surface area contributed by atoms with Crippen LogP contribution in [0.4, 0.5) is 5.69 Å². The van der Waals surface area contributed by atoms with Gasteiger partial charge in [-0.1, -0.05) is 23.9 Å². The van der Waals surface area contributed by atoms with Gasteiger partial charge in [0.15, 0.2) is 5.17 Å². The van der Waals surface area contributed by atoms with Crippen LogP contribution in [0.25, 0.3) is 0 Å². The smallest absolute Gasteiger partial charge is 0.240 e. The van der Waals surface area contributed by atoms with Crippen LogP contribution in [0.15, 0.2) is 28.4 Å². The Labute approximate surface area is 139 Å². The maximum absolute atomic E-state index is 12.2. The lowest BCUT2D eigenvalue weighted by atomic mass is 10.1. The fraction of sp³-hybridized carbons (Fsp3) is 0.375. The minimum Gasteiger partial charge on any atom is -0.326 e. The Morgan fingerprint density at radius 2 is 2.09 bits per heavy atom. The van der Waals surface area contributed by atoms with Crippen LogP contribution < -0.4 is 10.6 Å². The molecule has 1 heterocycles. The Hall–Kier alpha value is -2.15. The number of amidine groups is 1. The number of nitrogens with one attached hydrogen (secondary N) is 2. The molecule has 0 aliphatic carbocycles. The van der Waals surface area contributed by atoms with Gasteiger partial charge in [-0.25, -0.2) is 0 Å². The number of carbonyl (C=O) groups is 2. The molecule has 0 radical (unpaired) electrons. The van der Waals surface area contributed by atoms with Gasteiger partial charge in [-0.05, 0) is 44.9 Å². The van der Waals surface area contributed by atoms with Crippen molar-refractivity contribution in [2.75, 3.05) is 5.32 Å². The van der Waals surface area contributed by atoms with E-state index in [0.717, 1.165) is 22.5 Å². The molecule has 1 fully saturated rings. The van der Waals surface area contributed by atoms with E-state index in [1.54, 1.807) is 0 Å². The van der Waals surface area contributed by atoms with Gasteiger partial charge in [0.05, 0.1) is 0 Å². The summed E-state index contributed by atoms with van der Waals surface area (Å²) in [4.78, 5) is 24.1. The minimum atomic E-state index is -0.480. The Morgan fingerprint density at radius 3 is 2.78 bits per heavy atom. The Balaban J connectivity index is 1.98. The van der Waals surface area contributed by atoms with Crippen LogP contribution in [-0.4, -0.2) is 27.9 Å². The molecular weight excluding hydrogens is 312 g/mol. The number of amides is 2. The standard InChI is InChI=1S/C16H20N4O2S/c1-9(2)19-20-16-18-15(22)13(23-16)8-14(21)17-12-7-5-6-10(3)11(12)4/h5-7,13H,8H2,1-4H3,(H,17,21)(H,18,20,22). The predicted molar refractivity (Wildman–Crippen MR) is 94.9 cm³/mol. The molecule has 1 atom stereocenters. The highest BCUT2D eigenvalue weighted by Gasteiger charge is 2.32. The number of thioether (sulfide) groups is 1. The van der Waals surface area contributed by atoms with Crippen molar-refractivity contribution in [2.45, 2.75) is 39.4 Å². The molecule has 2 rings (SSSR count). The first-order chi connectivity index (χ1) is 10.9. The summed E-state index contributed by atoms with van der Waals surface area (Å²) in [6.45, 7) is 7.59.